The molecule has 31 heavy (non-hydrogen) atoms. The van der Waals surface area contributed by atoms with Gasteiger partial charge in [0.05, 0.1) is 30.1 Å². The fraction of sp³-hybridized carbons (Fsp3) is 0.211. The Morgan fingerprint density at radius 1 is 1.29 bits per heavy atom. The fourth-order valence-electron chi connectivity index (χ4n) is 3.03. The van der Waals surface area contributed by atoms with Crippen LogP contribution in [-0.4, -0.2) is 38.2 Å². The summed E-state index contributed by atoms with van der Waals surface area (Å²) < 4.78 is 43.9. The molecule has 2 heterocycles. The van der Waals surface area contributed by atoms with E-state index < -0.39 is 10.0 Å². The van der Waals surface area contributed by atoms with E-state index in [0.29, 0.717) is 28.8 Å². The first kappa shape index (κ1) is 20.9. The zero-order chi connectivity index (χ0) is 22.2. The average molecular weight is 465 g/mol. The molecule has 0 saturated heterocycles. The number of aromatic nitrogens is 2. The normalized spacial score (nSPS) is 13.5. The molecule has 0 unspecified atom stereocenters. The van der Waals surface area contributed by atoms with Crippen molar-refractivity contribution in [3.05, 3.63) is 53.1 Å². The lowest BCUT2D eigenvalue weighted by Crippen LogP contribution is -2.38. The Hall–Kier alpha value is -3.31. The maximum absolute atomic E-state index is 12.9. The molecule has 12 heteroatoms. The summed E-state index contributed by atoms with van der Waals surface area (Å²) in [6, 6.07) is 9.09. The van der Waals surface area contributed by atoms with E-state index in [2.05, 4.69) is 14.9 Å². The van der Waals surface area contributed by atoms with Gasteiger partial charge in [-0.3, -0.25) is 14.4 Å². The minimum absolute atomic E-state index is 0.0248. The highest BCUT2D eigenvalue weighted by atomic mass is 35.5. The number of fused-ring (bicyclic) bond motifs is 1. The molecular weight excluding hydrogens is 448 g/mol. The van der Waals surface area contributed by atoms with Gasteiger partial charge in [0.2, 0.25) is 5.89 Å². The molecule has 1 aliphatic heterocycles. The van der Waals surface area contributed by atoms with E-state index in [1.807, 2.05) is 0 Å². The van der Waals surface area contributed by atoms with Gasteiger partial charge >= 0.3 is 0 Å². The number of aryl methyl sites for hydroxylation is 1. The fourth-order valence-corrected chi connectivity index (χ4v) is 4.61. The second-order valence-corrected chi connectivity index (χ2v) is 8.64. The topological polar surface area (TPSA) is 124 Å². The zero-order valence-electron chi connectivity index (χ0n) is 16.5. The summed E-state index contributed by atoms with van der Waals surface area (Å²) in [4.78, 5) is 17.7. The second-order valence-electron chi connectivity index (χ2n) is 6.59. The van der Waals surface area contributed by atoms with E-state index in [1.165, 1.54) is 30.2 Å². The molecular formula is C19H17ClN4O6S. The number of hydrogen-bond acceptors (Lipinski definition) is 8. The van der Waals surface area contributed by atoms with Gasteiger partial charge in [-0.25, -0.2) is 8.42 Å². The van der Waals surface area contributed by atoms with Crippen molar-refractivity contribution in [1.29, 1.82) is 0 Å². The molecule has 1 amide bonds. The molecule has 162 valence electrons. The van der Waals surface area contributed by atoms with Crippen molar-refractivity contribution >= 4 is 38.9 Å². The number of nitrogens with zero attached hydrogens (tertiary/aromatic N) is 3. The summed E-state index contributed by atoms with van der Waals surface area (Å²) in [5, 5.41) is 3.71. The van der Waals surface area contributed by atoms with Gasteiger partial charge in [0.15, 0.2) is 12.4 Å². The average Bonchev–Trinajstić information content (AvgIpc) is 3.14. The molecule has 1 aromatic heterocycles. The Labute approximate surface area is 182 Å². The largest absolute Gasteiger partial charge is 0.497 e. The molecule has 0 aliphatic carbocycles. The van der Waals surface area contributed by atoms with Crippen LogP contribution in [0.5, 0.6) is 11.5 Å². The molecule has 0 spiro atoms. The van der Waals surface area contributed by atoms with Gasteiger partial charge in [-0.05, 0) is 18.2 Å². The SMILES string of the molecule is COc1cccc(NS(=O)(=O)c2cc3c(cc2Cl)N(Cc2noc(C)n2)C(=O)CO3)c1. The first-order chi connectivity index (χ1) is 14.8. The van der Waals surface area contributed by atoms with Crippen LogP contribution >= 0.6 is 11.6 Å². The van der Waals surface area contributed by atoms with Gasteiger partial charge in [-0.2, -0.15) is 4.98 Å². The Morgan fingerprint density at radius 2 is 2.10 bits per heavy atom. The highest BCUT2D eigenvalue weighted by Crippen LogP contribution is 2.39. The van der Waals surface area contributed by atoms with E-state index >= 15 is 0 Å². The number of carbonyl (C=O) groups excluding carboxylic acids is 1. The number of ether oxygens (including phenoxy) is 2. The van der Waals surface area contributed by atoms with Crippen LogP contribution in [0.15, 0.2) is 45.8 Å². The Bertz CT molecular complexity index is 1260. The van der Waals surface area contributed by atoms with Crippen molar-refractivity contribution in [3.63, 3.8) is 0 Å². The maximum atomic E-state index is 12.9. The third kappa shape index (κ3) is 4.28. The number of sulfonamides is 1. The number of halogens is 1. The molecule has 0 bridgehead atoms. The van der Waals surface area contributed by atoms with Gasteiger partial charge < -0.3 is 14.0 Å². The van der Waals surface area contributed by atoms with Crippen molar-refractivity contribution in [2.45, 2.75) is 18.4 Å². The van der Waals surface area contributed by atoms with E-state index in [1.54, 1.807) is 25.1 Å². The molecule has 1 aliphatic rings. The highest BCUT2D eigenvalue weighted by Gasteiger charge is 2.30. The molecule has 2 aromatic carbocycles. The maximum Gasteiger partial charge on any atom is 0.265 e. The van der Waals surface area contributed by atoms with Crippen LogP contribution in [0.3, 0.4) is 0 Å². The predicted molar refractivity (Wildman–Crippen MR) is 111 cm³/mol. The molecule has 0 fully saturated rings. The third-order valence-electron chi connectivity index (χ3n) is 4.44. The lowest BCUT2D eigenvalue weighted by Gasteiger charge is -2.29. The molecule has 1 N–H and O–H groups in total. The minimum atomic E-state index is -4.05. The van der Waals surface area contributed by atoms with Gasteiger partial charge in [0.25, 0.3) is 15.9 Å². The molecule has 10 nitrogen and oxygen atoms in total. The number of rotatable bonds is 6. The second kappa shape index (κ2) is 8.08. The van der Waals surface area contributed by atoms with Gasteiger partial charge in [-0.15, -0.1) is 0 Å². The van der Waals surface area contributed by atoms with E-state index in [-0.39, 0.29) is 34.7 Å². The van der Waals surface area contributed by atoms with Crippen molar-refractivity contribution in [3.8, 4) is 11.5 Å². The number of amides is 1. The first-order valence-corrected chi connectivity index (χ1v) is 10.9. The Kier molecular flexibility index (Phi) is 5.46. The highest BCUT2D eigenvalue weighted by molar-refractivity contribution is 7.92. The van der Waals surface area contributed by atoms with E-state index in [4.69, 9.17) is 25.6 Å². The van der Waals surface area contributed by atoms with Crippen molar-refractivity contribution in [1.82, 2.24) is 10.1 Å². The summed E-state index contributed by atoms with van der Waals surface area (Å²) in [5.41, 5.74) is 0.613. The van der Waals surface area contributed by atoms with Crippen LogP contribution in [0.4, 0.5) is 11.4 Å². The first-order valence-electron chi connectivity index (χ1n) is 8.99. The number of anilines is 2. The van der Waals surface area contributed by atoms with Crippen LogP contribution in [0.25, 0.3) is 0 Å². The van der Waals surface area contributed by atoms with Gasteiger partial charge in [0.1, 0.15) is 16.4 Å². The number of benzene rings is 2. The van der Waals surface area contributed by atoms with E-state index in [9.17, 15) is 13.2 Å². The predicted octanol–water partition coefficient (Wildman–Crippen LogP) is 2.77. The molecule has 4 rings (SSSR count). The molecule has 0 radical (unpaired) electrons. The van der Waals surface area contributed by atoms with Crippen LogP contribution in [-0.2, 0) is 21.4 Å². The quantitative estimate of drug-likeness (QED) is 0.590. The number of carbonyl (C=O) groups is 1. The summed E-state index contributed by atoms with van der Waals surface area (Å²) in [6.07, 6.45) is 0. The number of methoxy groups -OCH3 is 1. The van der Waals surface area contributed by atoms with Crippen LogP contribution < -0.4 is 19.1 Å². The van der Waals surface area contributed by atoms with Crippen molar-refractivity contribution in [2.24, 2.45) is 0 Å². The van der Waals surface area contributed by atoms with Crippen molar-refractivity contribution in [2.75, 3.05) is 23.3 Å². The molecule has 0 atom stereocenters. The molecule has 0 saturated carbocycles. The summed E-state index contributed by atoms with van der Waals surface area (Å²) in [6.45, 7) is 1.39. The van der Waals surface area contributed by atoms with Gasteiger partial charge in [-0.1, -0.05) is 22.8 Å². The minimum Gasteiger partial charge on any atom is -0.497 e. The van der Waals surface area contributed by atoms with Crippen LogP contribution in [0.2, 0.25) is 5.02 Å². The monoisotopic (exact) mass is 464 g/mol. The Morgan fingerprint density at radius 3 is 2.81 bits per heavy atom. The lowest BCUT2D eigenvalue weighted by atomic mass is 10.2. The number of hydrogen-bond donors (Lipinski definition) is 1. The third-order valence-corrected chi connectivity index (χ3v) is 6.28. The lowest BCUT2D eigenvalue weighted by molar-refractivity contribution is -0.121. The Balaban J connectivity index is 1.67. The van der Waals surface area contributed by atoms with E-state index in [0.717, 1.165) is 0 Å². The van der Waals surface area contributed by atoms with Gasteiger partial charge in [0, 0.05) is 19.1 Å². The van der Waals surface area contributed by atoms with Crippen LogP contribution in [0.1, 0.15) is 11.7 Å². The molecule has 3 aromatic rings. The standard InChI is InChI=1S/C19H17ClN4O6S/c1-11-21-18(22-30-11)9-24-15-7-14(20)17(8-16(15)29-10-19(24)25)31(26,27)23-12-4-3-5-13(6-12)28-2/h3-8,23H,9-10H2,1-2H3. The summed E-state index contributed by atoms with van der Waals surface area (Å²) in [5.74, 6) is 0.988. The summed E-state index contributed by atoms with van der Waals surface area (Å²) >= 11 is 6.30. The smallest absolute Gasteiger partial charge is 0.265 e. The zero-order valence-corrected chi connectivity index (χ0v) is 18.0. The summed E-state index contributed by atoms with van der Waals surface area (Å²) in [7, 11) is -2.57. The van der Waals surface area contributed by atoms with Crippen molar-refractivity contribution < 1.29 is 27.2 Å². The number of nitrogens with one attached hydrogen (secondary N) is 1. The van der Waals surface area contributed by atoms with Crippen LogP contribution in [0, 0.1) is 6.92 Å².